The first-order valence-electron chi connectivity index (χ1n) is 8.16. The van der Waals surface area contributed by atoms with E-state index >= 15 is 0 Å². The van der Waals surface area contributed by atoms with Crippen molar-refractivity contribution in [3.8, 4) is 5.75 Å². The fourth-order valence-electron chi connectivity index (χ4n) is 3.15. The Kier molecular flexibility index (Phi) is 4.69. The lowest BCUT2D eigenvalue weighted by Gasteiger charge is -2.31. The Morgan fingerprint density at radius 1 is 1.26 bits per heavy atom. The van der Waals surface area contributed by atoms with E-state index in [0.29, 0.717) is 19.6 Å². The number of urea groups is 1. The van der Waals surface area contributed by atoms with Gasteiger partial charge in [-0.2, -0.15) is 0 Å². The number of fused-ring (bicyclic) bond motifs is 1. The summed E-state index contributed by atoms with van der Waals surface area (Å²) in [7, 11) is 0. The minimum Gasteiger partial charge on any atom is -0.488 e. The highest BCUT2D eigenvalue weighted by molar-refractivity contribution is 5.75. The lowest BCUT2D eigenvalue weighted by atomic mass is 10.1. The van der Waals surface area contributed by atoms with Crippen LogP contribution >= 0.6 is 0 Å². The molecule has 124 valence electrons. The Morgan fingerprint density at radius 2 is 2.00 bits per heavy atom. The smallest absolute Gasteiger partial charge is 0.315 e. The van der Waals surface area contributed by atoms with Crippen LogP contribution in [-0.4, -0.2) is 48.6 Å². The summed E-state index contributed by atoms with van der Waals surface area (Å²) in [6.07, 6.45) is 2.43. The first kappa shape index (κ1) is 15.6. The van der Waals surface area contributed by atoms with Crippen molar-refractivity contribution < 1.29 is 14.3 Å². The van der Waals surface area contributed by atoms with Gasteiger partial charge in [-0.05, 0) is 24.5 Å². The molecule has 0 saturated carbocycles. The monoisotopic (exact) mass is 317 g/mol. The molecule has 2 aliphatic heterocycles. The molecule has 0 aromatic heterocycles. The third-order valence-corrected chi connectivity index (χ3v) is 4.48. The molecule has 23 heavy (non-hydrogen) atoms. The number of carbonyl (C=O) groups excluding carboxylic acids is 2. The minimum absolute atomic E-state index is 0.00212. The van der Waals surface area contributed by atoms with Gasteiger partial charge in [-0.1, -0.05) is 18.2 Å². The predicted molar refractivity (Wildman–Crippen MR) is 86.4 cm³/mol. The molecule has 1 aromatic rings. The summed E-state index contributed by atoms with van der Waals surface area (Å²) >= 11 is 0. The number of amides is 3. The van der Waals surface area contributed by atoms with Crippen molar-refractivity contribution in [1.82, 2.24) is 15.5 Å². The third-order valence-electron chi connectivity index (χ3n) is 4.48. The minimum atomic E-state index is -0.161. The predicted octanol–water partition coefficient (Wildman–Crippen LogP) is 1.30. The Morgan fingerprint density at radius 3 is 2.70 bits per heavy atom. The summed E-state index contributed by atoms with van der Waals surface area (Å²) in [5.74, 6) is 1.02. The van der Waals surface area contributed by atoms with Gasteiger partial charge in [-0.25, -0.2) is 4.79 Å². The maximum absolute atomic E-state index is 12.0. The van der Waals surface area contributed by atoms with Crippen molar-refractivity contribution in [2.75, 3.05) is 19.6 Å². The van der Waals surface area contributed by atoms with Gasteiger partial charge in [-0.15, -0.1) is 0 Å². The van der Waals surface area contributed by atoms with Crippen LogP contribution in [0.2, 0.25) is 0 Å². The number of piperidine rings is 1. The highest BCUT2D eigenvalue weighted by Crippen LogP contribution is 2.27. The molecule has 0 radical (unpaired) electrons. The molecule has 6 nitrogen and oxygen atoms in total. The molecule has 1 atom stereocenters. The van der Waals surface area contributed by atoms with E-state index in [1.807, 2.05) is 23.1 Å². The second-order valence-corrected chi connectivity index (χ2v) is 6.19. The highest BCUT2D eigenvalue weighted by Gasteiger charge is 2.24. The van der Waals surface area contributed by atoms with Crippen molar-refractivity contribution >= 4 is 11.9 Å². The second kappa shape index (κ2) is 6.89. The quantitative estimate of drug-likeness (QED) is 0.883. The normalized spacial score (nSPS) is 20.6. The van der Waals surface area contributed by atoms with Crippen LogP contribution in [0.4, 0.5) is 4.79 Å². The molecule has 0 bridgehead atoms. The lowest BCUT2D eigenvalue weighted by molar-refractivity contribution is -0.129. The summed E-state index contributed by atoms with van der Waals surface area (Å²) in [6.45, 7) is 3.50. The Labute approximate surface area is 136 Å². The average Bonchev–Trinajstić information content (AvgIpc) is 2.96. The molecule has 0 aliphatic carbocycles. The topological polar surface area (TPSA) is 70.7 Å². The number of ether oxygens (including phenoxy) is 1. The van der Waals surface area contributed by atoms with Crippen LogP contribution in [0.1, 0.15) is 25.3 Å². The molecule has 3 amide bonds. The van der Waals surface area contributed by atoms with Crippen molar-refractivity contribution in [3.05, 3.63) is 29.8 Å². The van der Waals surface area contributed by atoms with Crippen LogP contribution in [0.15, 0.2) is 24.3 Å². The highest BCUT2D eigenvalue weighted by atomic mass is 16.5. The maximum Gasteiger partial charge on any atom is 0.315 e. The molecule has 2 N–H and O–H groups in total. The number of hydrogen-bond acceptors (Lipinski definition) is 3. The van der Waals surface area contributed by atoms with Gasteiger partial charge in [0.2, 0.25) is 5.91 Å². The lowest BCUT2D eigenvalue weighted by Crippen LogP contribution is -2.50. The summed E-state index contributed by atoms with van der Waals surface area (Å²) < 4.78 is 5.80. The van der Waals surface area contributed by atoms with E-state index in [2.05, 4.69) is 16.7 Å². The summed E-state index contributed by atoms with van der Waals surface area (Å²) in [5, 5.41) is 5.87. The number of para-hydroxylation sites is 1. The van der Waals surface area contributed by atoms with E-state index < -0.39 is 0 Å². The van der Waals surface area contributed by atoms with Gasteiger partial charge in [0.1, 0.15) is 11.9 Å². The SMILES string of the molecule is CC(=O)N1CCC(NC(=O)NCC2Cc3ccccc3O2)CC1. The molecular formula is C17H23N3O3. The van der Waals surface area contributed by atoms with Gasteiger partial charge in [0.15, 0.2) is 0 Å². The Balaban J connectivity index is 1.37. The van der Waals surface area contributed by atoms with E-state index in [1.165, 1.54) is 5.56 Å². The molecule has 1 saturated heterocycles. The van der Waals surface area contributed by atoms with Crippen LogP contribution in [-0.2, 0) is 11.2 Å². The zero-order valence-corrected chi connectivity index (χ0v) is 13.4. The van der Waals surface area contributed by atoms with Crippen LogP contribution in [0.5, 0.6) is 5.75 Å². The zero-order valence-electron chi connectivity index (χ0n) is 13.4. The Bertz CT molecular complexity index is 557. The van der Waals surface area contributed by atoms with Gasteiger partial charge >= 0.3 is 6.03 Å². The first-order chi connectivity index (χ1) is 11.1. The van der Waals surface area contributed by atoms with Crippen molar-refractivity contribution in [2.45, 2.75) is 38.3 Å². The molecule has 1 unspecified atom stereocenters. The molecule has 1 fully saturated rings. The van der Waals surface area contributed by atoms with E-state index in [-0.39, 0.29) is 24.1 Å². The van der Waals surface area contributed by atoms with E-state index in [4.69, 9.17) is 4.74 Å². The van der Waals surface area contributed by atoms with Gasteiger partial charge in [0.05, 0.1) is 6.54 Å². The van der Waals surface area contributed by atoms with Crippen molar-refractivity contribution in [2.24, 2.45) is 0 Å². The van der Waals surface area contributed by atoms with E-state index in [9.17, 15) is 9.59 Å². The van der Waals surface area contributed by atoms with E-state index in [0.717, 1.165) is 25.0 Å². The first-order valence-corrected chi connectivity index (χ1v) is 8.16. The molecule has 2 aliphatic rings. The number of nitrogens with one attached hydrogen (secondary N) is 2. The van der Waals surface area contributed by atoms with Crippen molar-refractivity contribution in [3.63, 3.8) is 0 Å². The second-order valence-electron chi connectivity index (χ2n) is 6.19. The standard InChI is InChI=1S/C17H23N3O3/c1-12(21)20-8-6-14(7-9-20)19-17(22)18-11-15-10-13-4-2-3-5-16(13)23-15/h2-5,14-15H,6-11H2,1H3,(H2,18,19,22). The number of rotatable bonds is 3. The largest absolute Gasteiger partial charge is 0.488 e. The van der Waals surface area contributed by atoms with Crippen LogP contribution < -0.4 is 15.4 Å². The fraction of sp³-hybridized carbons (Fsp3) is 0.529. The maximum atomic E-state index is 12.0. The van der Waals surface area contributed by atoms with Crippen molar-refractivity contribution in [1.29, 1.82) is 0 Å². The summed E-state index contributed by atoms with van der Waals surface area (Å²) in [4.78, 5) is 25.1. The van der Waals surface area contributed by atoms with Gasteiger partial charge in [-0.3, -0.25) is 4.79 Å². The molecule has 3 rings (SSSR count). The number of carbonyl (C=O) groups is 2. The van der Waals surface area contributed by atoms with Gasteiger partial charge in [0.25, 0.3) is 0 Å². The molecule has 1 aromatic carbocycles. The molecule has 2 heterocycles. The third kappa shape index (κ3) is 3.94. The molecule has 6 heteroatoms. The molecular weight excluding hydrogens is 294 g/mol. The van der Waals surface area contributed by atoms with Gasteiger partial charge in [0, 0.05) is 32.5 Å². The summed E-state index contributed by atoms with van der Waals surface area (Å²) in [6, 6.07) is 7.93. The molecule has 0 spiro atoms. The van der Waals surface area contributed by atoms with Crippen LogP contribution in [0, 0.1) is 0 Å². The van der Waals surface area contributed by atoms with E-state index in [1.54, 1.807) is 6.92 Å². The van der Waals surface area contributed by atoms with Gasteiger partial charge < -0.3 is 20.3 Å². The van der Waals surface area contributed by atoms with Crippen LogP contribution in [0.25, 0.3) is 0 Å². The number of benzene rings is 1. The summed E-state index contributed by atoms with van der Waals surface area (Å²) in [5.41, 5.74) is 1.19. The number of hydrogen-bond donors (Lipinski definition) is 2. The number of nitrogens with zero attached hydrogens (tertiary/aromatic N) is 1. The average molecular weight is 317 g/mol. The van der Waals surface area contributed by atoms with Crippen LogP contribution in [0.3, 0.4) is 0 Å². The number of likely N-dealkylation sites (tertiary alicyclic amines) is 1. The fourth-order valence-corrected chi connectivity index (χ4v) is 3.15. The Hall–Kier alpha value is -2.24. The zero-order chi connectivity index (χ0) is 16.2.